The molecule has 8 atom stereocenters. The minimum atomic E-state index is -1.83. The average molecular weight is 487 g/mol. The van der Waals surface area contributed by atoms with Crippen LogP contribution in [0.1, 0.15) is 72.6 Å². The Balaban J connectivity index is 1.52. The minimum Gasteiger partial charge on any atom is -0.455 e. The predicted octanol–water partition coefficient (Wildman–Crippen LogP) is 2.52. The van der Waals surface area contributed by atoms with Crippen molar-refractivity contribution in [3.8, 4) is 0 Å². The standard InChI is InChI=1S/C28H38O7/c1-16-14-22(35-23(31)18(16)15-29)26(4,32)28(34)13-12-27(33)20-9-8-17-6-5-7-21(30)25(17,3)19(20)10-11-24(27,28)2/h5,7-8,19-20,22,29,32-34H,6,9-15H2,1-4H3/t19-,20+,22+,24-,25-,26-,27+,28-/m0/s1. The molecule has 0 aromatic rings. The minimum absolute atomic E-state index is 0.0462. The maximum Gasteiger partial charge on any atom is 0.336 e. The SMILES string of the molecule is CC1=C(CO)C(=O)O[C@@H]([C@](C)(O)[C@]2(O)CC[C@@]3(O)[C@@H]4CC=C5CC=CC(=O)[C@]5(C)[C@H]4CC[C@]23C)C1. The van der Waals surface area contributed by atoms with E-state index in [9.17, 15) is 30.0 Å². The molecule has 192 valence electrons. The maximum absolute atomic E-state index is 13.1. The van der Waals surface area contributed by atoms with Crippen molar-refractivity contribution in [1.29, 1.82) is 0 Å². The van der Waals surface area contributed by atoms with Gasteiger partial charge >= 0.3 is 5.97 Å². The second-order valence-electron chi connectivity index (χ2n) is 12.2. The first-order chi connectivity index (χ1) is 16.3. The van der Waals surface area contributed by atoms with Gasteiger partial charge in [0, 0.05) is 11.8 Å². The molecule has 5 rings (SSSR count). The van der Waals surface area contributed by atoms with Gasteiger partial charge in [0.05, 0.1) is 23.2 Å². The Morgan fingerprint density at radius 2 is 1.86 bits per heavy atom. The topological polar surface area (TPSA) is 124 Å². The molecule has 0 aromatic heterocycles. The number of hydrogen-bond acceptors (Lipinski definition) is 7. The number of carbonyl (C=O) groups excluding carboxylic acids is 2. The lowest BCUT2D eigenvalue weighted by molar-refractivity contribution is -0.279. The van der Waals surface area contributed by atoms with Crippen LogP contribution in [0.3, 0.4) is 0 Å². The number of fused-ring (bicyclic) bond motifs is 5. The molecule has 0 radical (unpaired) electrons. The summed E-state index contributed by atoms with van der Waals surface area (Å²) in [6.07, 6.45) is 7.78. The van der Waals surface area contributed by atoms with Crippen molar-refractivity contribution >= 4 is 11.8 Å². The number of allylic oxidation sites excluding steroid dienone is 4. The third kappa shape index (κ3) is 2.87. The van der Waals surface area contributed by atoms with Crippen molar-refractivity contribution in [2.45, 2.75) is 95.5 Å². The van der Waals surface area contributed by atoms with Gasteiger partial charge in [0.25, 0.3) is 0 Å². The van der Waals surface area contributed by atoms with Gasteiger partial charge in [0.2, 0.25) is 0 Å². The summed E-state index contributed by atoms with van der Waals surface area (Å²) >= 11 is 0. The number of hydrogen-bond donors (Lipinski definition) is 4. The summed E-state index contributed by atoms with van der Waals surface area (Å²) in [5.41, 5.74) is -4.64. The van der Waals surface area contributed by atoms with E-state index in [1.54, 1.807) is 13.0 Å². The highest BCUT2D eigenvalue weighted by Crippen LogP contribution is 2.70. The van der Waals surface area contributed by atoms with Crippen molar-refractivity contribution in [1.82, 2.24) is 0 Å². The molecule has 4 N–H and O–H groups in total. The summed E-state index contributed by atoms with van der Waals surface area (Å²) in [5.74, 6) is -0.885. The predicted molar refractivity (Wildman–Crippen MR) is 128 cm³/mol. The summed E-state index contributed by atoms with van der Waals surface area (Å²) in [5, 5.41) is 46.0. The van der Waals surface area contributed by atoms with Crippen molar-refractivity contribution in [2.75, 3.05) is 6.61 Å². The zero-order valence-corrected chi connectivity index (χ0v) is 21.1. The van der Waals surface area contributed by atoms with Gasteiger partial charge in [0.15, 0.2) is 5.78 Å². The number of ether oxygens (including phenoxy) is 1. The number of aliphatic hydroxyl groups is 4. The first-order valence-electron chi connectivity index (χ1n) is 12.9. The fourth-order valence-electron chi connectivity index (χ4n) is 8.56. The van der Waals surface area contributed by atoms with Crippen LogP contribution >= 0.6 is 0 Å². The second kappa shape index (κ2) is 7.60. The number of carbonyl (C=O) groups is 2. The number of aliphatic hydroxyl groups excluding tert-OH is 1. The Labute approximate surface area is 206 Å². The van der Waals surface area contributed by atoms with Gasteiger partial charge in [-0.25, -0.2) is 4.79 Å². The normalized spacial score (nSPS) is 46.9. The van der Waals surface area contributed by atoms with Crippen LogP contribution < -0.4 is 0 Å². The third-order valence-electron chi connectivity index (χ3n) is 11.1. The van der Waals surface area contributed by atoms with Crippen LogP contribution in [0.5, 0.6) is 0 Å². The summed E-state index contributed by atoms with van der Waals surface area (Å²) in [6.45, 7) is 6.63. The molecule has 5 aliphatic rings. The Morgan fingerprint density at radius 1 is 1.14 bits per heavy atom. The molecule has 0 saturated heterocycles. The molecule has 7 heteroatoms. The van der Waals surface area contributed by atoms with Crippen LogP contribution in [-0.2, 0) is 14.3 Å². The maximum atomic E-state index is 13.1. The number of esters is 1. The van der Waals surface area contributed by atoms with Gasteiger partial charge in [0.1, 0.15) is 17.3 Å². The quantitative estimate of drug-likeness (QED) is 0.357. The van der Waals surface area contributed by atoms with Gasteiger partial charge in [-0.05, 0) is 77.2 Å². The van der Waals surface area contributed by atoms with E-state index in [0.29, 0.717) is 24.8 Å². The number of ketones is 1. The van der Waals surface area contributed by atoms with Crippen LogP contribution in [0.25, 0.3) is 0 Å². The molecule has 2 saturated carbocycles. The van der Waals surface area contributed by atoms with Gasteiger partial charge in [-0.1, -0.05) is 30.2 Å². The molecule has 4 aliphatic carbocycles. The molecule has 35 heavy (non-hydrogen) atoms. The number of cyclic esters (lactones) is 1. The highest BCUT2D eigenvalue weighted by Gasteiger charge is 2.76. The van der Waals surface area contributed by atoms with Crippen LogP contribution in [0.2, 0.25) is 0 Å². The fourth-order valence-corrected chi connectivity index (χ4v) is 8.56. The molecule has 0 unspecified atom stereocenters. The molecule has 7 nitrogen and oxygen atoms in total. The molecular formula is C28H38O7. The lowest BCUT2D eigenvalue weighted by Crippen LogP contribution is -2.72. The van der Waals surface area contributed by atoms with Gasteiger partial charge in [-0.2, -0.15) is 0 Å². The average Bonchev–Trinajstić information content (AvgIpc) is 3.02. The Kier molecular flexibility index (Phi) is 5.40. The lowest BCUT2D eigenvalue weighted by atomic mass is 9.44. The molecule has 1 aliphatic heterocycles. The van der Waals surface area contributed by atoms with E-state index in [2.05, 4.69) is 6.08 Å². The molecule has 0 aromatic carbocycles. The number of rotatable bonds is 3. The summed E-state index contributed by atoms with van der Waals surface area (Å²) in [6, 6.07) is 0. The molecule has 2 fully saturated rings. The second-order valence-corrected chi connectivity index (χ2v) is 12.2. The van der Waals surface area contributed by atoms with E-state index in [1.165, 1.54) is 6.92 Å². The summed E-state index contributed by atoms with van der Waals surface area (Å²) in [7, 11) is 0. The van der Waals surface area contributed by atoms with E-state index in [4.69, 9.17) is 4.74 Å². The monoisotopic (exact) mass is 486 g/mol. The highest BCUT2D eigenvalue weighted by molar-refractivity contribution is 5.98. The van der Waals surface area contributed by atoms with Crippen LogP contribution in [0.4, 0.5) is 0 Å². The molecule has 1 heterocycles. The first kappa shape index (κ1) is 24.9. The van der Waals surface area contributed by atoms with Crippen LogP contribution in [-0.4, -0.2) is 61.7 Å². The van der Waals surface area contributed by atoms with Crippen molar-refractivity contribution < 1.29 is 34.8 Å². The zero-order chi connectivity index (χ0) is 25.6. The first-order valence-corrected chi connectivity index (χ1v) is 12.9. The summed E-state index contributed by atoms with van der Waals surface area (Å²) < 4.78 is 5.56. The van der Waals surface area contributed by atoms with E-state index in [-0.39, 0.29) is 42.5 Å². The summed E-state index contributed by atoms with van der Waals surface area (Å²) in [4.78, 5) is 25.6. The Morgan fingerprint density at radius 3 is 2.51 bits per heavy atom. The van der Waals surface area contributed by atoms with E-state index < -0.39 is 46.3 Å². The zero-order valence-electron chi connectivity index (χ0n) is 21.1. The fraction of sp³-hybridized carbons (Fsp3) is 0.714. The van der Waals surface area contributed by atoms with Crippen LogP contribution in [0.15, 0.2) is 34.9 Å². The molecule has 0 bridgehead atoms. The largest absolute Gasteiger partial charge is 0.455 e. The molecular weight excluding hydrogens is 448 g/mol. The highest BCUT2D eigenvalue weighted by atomic mass is 16.6. The van der Waals surface area contributed by atoms with Gasteiger partial charge in [-0.15, -0.1) is 0 Å². The van der Waals surface area contributed by atoms with Crippen molar-refractivity contribution in [3.63, 3.8) is 0 Å². The molecule has 0 spiro atoms. The van der Waals surface area contributed by atoms with E-state index in [1.807, 2.05) is 19.9 Å². The van der Waals surface area contributed by atoms with Crippen molar-refractivity contribution in [3.05, 3.63) is 34.9 Å². The third-order valence-corrected chi connectivity index (χ3v) is 11.1. The van der Waals surface area contributed by atoms with E-state index >= 15 is 0 Å². The molecule has 0 amide bonds. The smallest absolute Gasteiger partial charge is 0.336 e. The van der Waals surface area contributed by atoms with Gasteiger partial charge < -0.3 is 25.2 Å². The van der Waals surface area contributed by atoms with Crippen LogP contribution in [0, 0.1) is 22.7 Å². The van der Waals surface area contributed by atoms with Crippen molar-refractivity contribution in [2.24, 2.45) is 22.7 Å². The Bertz CT molecular complexity index is 1070. The van der Waals surface area contributed by atoms with Gasteiger partial charge in [-0.3, -0.25) is 4.79 Å². The Hall–Kier alpha value is -1.80. The van der Waals surface area contributed by atoms with E-state index in [0.717, 1.165) is 12.0 Å². The lowest BCUT2D eigenvalue weighted by Gasteiger charge is -2.63.